The molecule has 1 aromatic carbocycles. The highest BCUT2D eigenvalue weighted by atomic mass is 16.6. The van der Waals surface area contributed by atoms with Gasteiger partial charge in [-0.3, -0.25) is 9.78 Å². The molecular weight excluding hydrogens is 474 g/mol. The third-order valence-electron chi connectivity index (χ3n) is 5.95. The topological polar surface area (TPSA) is 107 Å². The Morgan fingerprint density at radius 3 is 2.27 bits per heavy atom. The molecule has 1 aromatic heterocycles. The molecule has 9 heteroatoms. The van der Waals surface area contributed by atoms with Crippen LogP contribution in [0, 0.1) is 0 Å². The van der Waals surface area contributed by atoms with E-state index in [1.165, 1.54) is 25.6 Å². The van der Waals surface area contributed by atoms with Crippen LogP contribution in [0.1, 0.15) is 80.7 Å². The molecule has 1 fully saturated rings. The molecule has 0 unspecified atom stereocenters. The third kappa shape index (κ3) is 7.44. The summed E-state index contributed by atoms with van der Waals surface area (Å²) in [7, 11) is 1.28. The van der Waals surface area contributed by atoms with Crippen molar-refractivity contribution >= 4 is 23.7 Å². The molecule has 0 saturated carbocycles. The first-order valence-corrected chi connectivity index (χ1v) is 12.4. The number of esters is 1. The van der Waals surface area contributed by atoms with E-state index < -0.39 is 17.5 Å². The molecule has 2 aromatic rings. The number of piperidine rings is 1. The van der Waals surface area contributed by atoms with Gasteiger partial charge in [0, 0.05) is 32.1 Å². The zero-order valence-electron chi connectivity index (χ0n) is 22.7. The van der Waals surface area contributed by atoms with Gasteiger partial charge in [-0.2, -0.15) is 0 Å². The normalized spacial score (nSPS) is 14.6. The summed E-state index contributed by atoms with van der Waals surface area (Å²) >= 11 is 0. The van der Waals surface area contributed by atoms with Crippen molar-refractivity contribution in [2.75, 3.05) is 25.5 Å². The van der Waals surface area contributed by atoms with Crippen molar-refractivity contribution in [2.24, 2.45) is 0 Å². The van der Waals surface area contributed by atoms with Crippen LogP contribution in [0.4, 0.5) is 10.5 Å². The highest BCUT2D eigenvalue weighted by molar-refractivity contribution is 6.09. The van der Waals surface area contributed by atoms with Gasteiger partial charge in [0.2, 0.25) is 0 Å². The molecule has 2 heterocycles. The number of hydrogen-bond acceptors (Lipinski definition) is 7. The zero-order valence-corrected chi connectivity index (χ0v) is 22.7. The molecule has 0 radical (unpaired) electrons. The zero-order chi connectivity index (χ0) is 27.4. The van der Waals surface area contributed by atoms with Crippen LogP contribution in [0.15, 0.2) is 36.7 Å². The van der Waals surface area contributed by atoms with E-state index in [1.807, 2.05) is 32.9 Å². The lowest BCUT2D eigenvalue weighted by Crippen LogP contribution is -2.44. The number of nitrogens with one attached hydrogen (secondary N) is 1. The molecule has 1 aliphatic heterocycles. The van der Waals surface area contributed by atoms with E-state index in [4.69, 9.17) is 14.2 Å². The first-order valence-electron chi connectivity index (χ1n) is 12.4. The number of methoxy groups -OCH3 is 1. The van der Waals surface area contributed by atoms with Crippen LogP contribution in [0.25, 0.3) is 0 Å². The molecule has 200 valence electrons. The summed E-state index contributed by atoms with van der Waals surface area (Å²) in [5.41, 5.74) is 1.09. The van der Waals surface area contributed by atoms with E-state index in [0.29, 0.717) is 37.2 Å². The lowest BCUT2D eigenvalue weighted by atomic mass is 9.86. The smallest absolute Gasteiger partial charge is 0.410 e. The summed E-state index contributed by atoms with van der Waals surface area (Å²) in [6, 6.07) is 7.01. The molecule has 0 atom stereocenters. The van der Waals surface area contributed by atoms with E-state index in [1.54, 1.807) is 11.0 Å². The number of rotatable bonds is 5. The quantitative estimate of drug-likeness (QED) is 0.550. The van der Waals surface area contributed by atoms with Gasteiger partial charge in [0.1, 0.15) is 17.5 Å². The number of nitrogens with zero attached hydrogens (tertiary/aromatic N) is 2. The predicted molar refractivity (Wildman–Crippen MR) is 140 cm³/mol. The standard InChI is InChI=1S/C28H37N3O6/c1-27(2,3)18-8-9-21(24(32)30-22-17-29-13-10-20(22)25(33)35-7)23(16-18)36-19-11-14-31(15-12-19)26(34)37-28(4,5)6/h8-10,13,16-17,19H,11-12,14-15H2,1-7H3,(H,30,32). The molecule has 2 amide bonds. The van der Waals surface area contributed by atoms with Crippen molar-refractivity contribution < 1.29 is 28.6 Å². The minimum absolute atomic E-state index is 0.158. The Morgan fingerprint density at radius 2 is 1.68 bits per heavy atom. The number of ether oxygens (including phenoxy) is 3. The van der Waals surface area contributed by atoms with Crippen LogP contribution in [0.3, 0.4) is 0 Å². The number of benzene rings is 1. The van der Waals surface area contributed by atoms with Crippen molar-refractivity contribution in [1.82, 2.24) is 9.88 Å². The van der Waals surface area contributed by atoms with E-state index in [-0.39, 0.29) is 28.9 Å². The number of pyridine rings is 1. The second-order valence-electron chi connectivity index (χ2n) is 11.1. The van der Waals surface area contributed by atoms with Crippen LogP contribution in [-0.4, -0.2) is 59.8 Å². The number of likely N-dealkylation sites (tertiary alicyclic amines) is 1. The van der Waals surface area contributed by atoms with Gasteiger partial charge < -0.3 is 24.4 Å². The second kappa shape index (κ2) is 11.2. The van der Waals surface area contributed by atoms with E-state index in [0.717, 1.165) is 5.56 Å². The molecule has 0 bridgehead atoms. The number of carbonyl (C=O) groups is 3. The van der Waals surface area contributed by atoms with Gasteiger partial charge in [-0.25, -0.2) is 9.59 Å². The second-order valence-corrected chi connectivity index (χ2v) is 11.1. The molecule has 0 spiro atoms. The molecule has 9 nitrogen and oxygen atoms in total. The third-order valence-corrected chi connectivity index (χ3v) is 5.95. The minimum Gasteiger partial charge on any atom is -0.489 e. The summed E-state index contributed by atoms with van der Waals surface area (Å²) in [5, 5.41) is 2.77. The Balaban J connectivity index is 1.80. The molecule has 1 aliphatic rings. The van der Waals surface area contributed by atoms with Crippen molar-refractivity contribution in [2.45, 2.75) is 71.5 Å². The van der Waals surface area contributed by atoms with Crippen LogP contribution >= 0.6 is 0 Å². The molecule has 37 heavy (non-hydrogen) atoms. The number of carbonyl (C=O) groups excluding carboxylic acids is 3. The molecular formula is C28H37N3O6. The first-order chi connectivity index (χ1) is 17.3. The Bertz CT molecular complexity index is 1140. The van der Waals surface area contributed by atoms with Gasteiger partial charge >= 0.3 is 12.1 Å². The van der Waals surface area contributed by atoms with E-state index in [2.05, 4.69) is 31.1 Å². The van der Waals surface area contributed by atoms with Gasteiger partial charge in [0.25, 0.3) is 5.91 Å². The predicted octanol–water partition coefficient (Wildman–Crippen LogP) is 5.20. The highest BCUT2D eigenvalue weighted by Gasteiger charge is 2.29. The Hall–Kier alpha value is -3.62. The van der Waals surface area contributed by atoms with Crippen LogP contribution < -0.4 is 10.1 Å². The molecule has 0 aliphatic carbocycles. The van der Waals surface area contributed by atoms with Crippen molar-refractivity contribution in [3.8, 4) is 5.75 Å². The summed E-state index contributed by atoms with van der Waals surface area (Å²) in [4.78, 5) is 43.6. The lowest BCUT2D eigenvalue weighted by molar-refractivity contribution is 0.0126. The van der Waals surface area contributed by atoms with Crippen LogP contribution in [-0.2, 0) is 14.9 Å². The maximum Gasteiger partial charge on any atom is 0.410 e. The minimum atomic E-state index is -0.575. The Kier molecular flexibility index (Phi) is 8.46. The summed E-state index contributed by atoms with van der Waals surface area (Å²) in [5.74, 6) is -0.557. The number of aromatic nitrogens is 1. The molecule has 1 N–H and O–H groups in total. The van der Waals surface area contributed by atoms with Gasteiger partial charge in [-0.15, -0.1) is 0 Å². The summed E-state index contributed by atoms with van der Waals surface area (Å²) < 4.78 is 16.7. The monoisotopic (exact) mass is 511 g/mol. The highest BCUT2D eigenvalue weighted by Crippen LogP contribution is 2.31. The SMILES string of the molecule is COC(=O)c1ccncc1NC(=O)c1ccc(C(C)(C)C)cc1OC1CCN(C(=O)OC(C)(C)C)CC1. The van der Waals surface area contributed by atoms with E-state index >= 15 is 0 Å². The molecule has 3 rings (SSSR count). The van der Waals surface area contributed by atoms with Crippen molar-refractivity contribution in [1.29, 1.82) is 0 Å². The van der Waals surface area contributed by atoms with Crippen LogP contribution in [0.5, 0.6) is 5.75 Å². The van der Waals surface area contributed by atoms with Gasteiger partial charge in [0.15, 0.2) is 0 Å². The fourth-order valence-electron chi connectivity index (χ4n) is 3.91. The Labute approximate surface area is 218 Å². The molecule has 1 saturated heterocycles. The maximum atomic E-state index is 13.3. The van der Waals surface area contributed by atoms with Gasteiger partial charge in [-0.05, 0) is 49.9 Å². The number of hydrogen-bond donors (Lipinski definition) is 1. The van der Waals surface area contributed by atoms with Crippen LogP contribution in [0.2, 0.25) is 0 Å². The average Bonchev–Trinajstić information content (AvgIpc) is 2.82. The van der Waals surface area contributed by atoms with Gasteiger partial charge in [-0.1, -0.05) is 26.8 Å². The number of amides is 2. The number of anilines is 1. The Morgan fingerprint density at radius 1 is 1.00 bits per heavy atom. The largest absolute Gasteiger partial charge is 0.489 e. The van der Waals surface area contributed by atoms with Crippen molar-refractivity contribution in [3.05, 3.63) is 53.3 Å². The fraction of sp³-hybridized carbons (Fsp3) is 0.500. The summed E-state index contributed by atoms with van der Waals surface area (Å²) in [6.07, 6.45) is 3.56. The van der Waals surface area contributed by atoms with Gasteiger partial charge in [0.05, 0.1) is 30.1 Å². The maximum absolute atomic E-state index is 13.3. The van der Waals surface area contributed by atoms with E-state index in [9.17, 15) is 14.4 Å². The fourth-order valence-corrected chi connectivity index (χ4v) is 3.91. The van der Waals surface area contributed by atoms with Crippen molar-refractivity contribution in [3.63, 3.8) is 0 Å². The first kappa shape index (κ1) is 28.0. The average molecular weight is 512 g/mol. The lowest BCUT2D eigenvalue weighted by Gasteiger charge is -2.34. The summed E-state index contributed by atoms with van der Waals surface area (Å²) in [6.45, 7) is 12.8.